The quantitative estimate of drug-likeness (QED) is 0.383. The number of allylic oxidation sites excluding steroid dienone is 1. The van der Waals surface area contributed by atoms with Gasteiger partial charge in [0.2, 0.25) is 5.91 Å². The highest BCUT2D eigenvalue weighted by atomic mass is 16.5. The van der Waals surface area contributed by atoms with Gasteiger partial charge in [0.15, 0.2) is 0 Å². The summed E-state index contributed by atoms with van der Waals surface area (Å²) in [6, 6.07) is 0. The lowest BCUT2D eigenvalue weighted by molar-refractivity contribution is -0.157. The second kappa shape index (κ2) is 10.1. The molecular formula is C21H38N2O4. The van der Waals surface area contributed by atoms with Gasteiger partial charge in [-0.05, 0) is 40.3 Å². The minimum atomic E-state index is -0.590. The molecule has 0 radical (unpaired) electrons. The lowest BCUT2D eigenvalue weighted by atomic mass is 9.71. The van der Waals surface area contributed by atoms with Crippen molar-refractivity contribution in [2.24, 2.45) is 10.8 Å². The molecule has 27 heavy (non-hydrogen) atoms. The second-order valence-corrected chi connectivity index (χ2v) is 8.67. The van der Waals surface area contributed by atoms with E-state index >= 15 is 0 Å². The fourth-order valence-corrected chi connectivity index (χ4v) is 3.33. The number of amides is 1. The van der Waals surface area contributed by atoms with E-state index in [1.165, 1.54) is 0 Å². The smallest absolute Gasteiger partial charge is 0.311 e. The van der Waals surface area contributed by atoms with Crippen LogP contribution >= 0.6 is 0 Å². The zero-order valence-corrected chi connectivity index (χ0v) is 18.1. The van der Waals surface area contributed by atoms with Gasteiger partial charge in [-0.2, -0.15) is 0 Å². The van der Waals surface area contributed by atoms with Crippen molar-refractivity contribution in [1.82, 2.24) is 9.80 Å². The summed E-state index contributed by atoms with van der Waals surface area (Å²) in [5, 5.41) is 0. The Labute approximate surface area is 164 Å². The lowest BCUT2D eigenvalue weighted by Crippen LogP contribution is -2.37. The molecule has 6 nitrogen and oxygen atoms in total. The van der Waals surface area contributed by atoms with E-state index in [-0.39, 0.29) is 17.3 Å². The topological polar surface area (TPSA) is 59.1 Å². The number of likely N-dealkylation sites (tertiary alicyclic amines) is 1. The molecule has 1 unspecified atom stereocenters. The minimum Gasteiger partial charge on any atom is -0.496 e. The van der Waals surface area contributed by atoms with Crippen molar-refractivity contribution >= 4 is 11.9 Å². The number of hydrogen-bond acceptors (Lipinski definition) is 5. The average molecular weight is 383 g/mol. The fraction of sp³-hybridized carbons (Fsp3) is 0.810. The third-order valence-corrected chi connectivity index (χ3v) is 5.44. The SMILES string of the molecule is C=C(OCCN1CCCC1=O)C(C)(C)CC(C)(CC)C(=O)OCCN(C)C. The molecule has 0 saturated carbocycles. The van der Waals surface area contributed by atoms with Crippen LogP contribution in [0.3, 0.4) is 0 Å². The van der Waals surface area contributed by atoms with Gasteiger partial charge in [-0.25, -0.2) is 0 Å². The highest BCUT2D eigenvalue weighted by Crippen LogP contribution is 2.41. The molecule has 0 aromatic heterocycles. The molecule has 1 heterocycles. The zero-order chi connectivity index (χ0) is 20.7. The van der Waals surface area contributed by atoms with Crippen LogP contribution in [-0.2, 0) is 19.1 Å². The van der Waals surface area contributed by atoms with Crippen LogP contribution in [0.15, 0.2) is 12.3 Å². The molecule has 1 fully saturated rings. The summed E-state index contributed by atoms with van der Waals surface area (Å²) >= 11 is 0. The van der Waals surface area contributed by atoms with Crippen LogP contribution in [0.2, 0.25) is 0 Å². The van der Waals surface area contributed by atoms with Crippen molar-refractivity contribution in [1.29, 1.82) is 0 Å². The maximum absolute atomic E-state index is 12.6. The molecule has 1 amide bonds. The first-order chi connectivity index (χ1) is 12.5. The maximum atomic E-state index is 12.6. The Morgan fingerprint density at radius 3 is 2.41 bits per heavy atom. The first-order valence-corrected chi connectivity index (χ1v) is 9.94. The van der Waals surface area contributed by atoms with Crippen LogP contribution < -0.4 is 0 Å². The first-order valence-electron chi connectivity index (χ1n) is 9.94. The summed E-state index contributed by atoms with van der Waals surface area (Å²) in [5.41, 5.74) is -0.965. The highest BCUT2D eigenvalue weighted by molar-refractivity contribution is 5.78. The average Bonchev–Trinajstić information content (AvgIpc) is 2.98. The summed E-state index contributed by atoms with van der Waals surface area (Å²) in [6.45, 7) is 15.1. The van der Waals surface area contributed by atoms with E-state index in [1.54, 1.807) is 0 Å². The van der Waals surface area contributed by atoms with E-state index < -0.39 is 5.41 Å². The lowest BCUT2D eigenvalue weighted by Gasteiger charge is -2.36. The summed E-state index contributed by atoms with van der Waals surface area (Å²) < 4.78 is 11.4. The largest absolute Gasteiger partial charge is 0.496 e. The summed E-state index contributed by atoms with van der Waals surface area (Å²) in [4.78, 5) is 28.1. The molecule has 6 heteroatoms. The fourth-order valence-electron chi connectivity index (χ4n) is 3.33. The minimum absolute atomic E-state index is 0.171. The van der Waals surface area contributed by atoms with Crippen LogP contribution in [0.25, 0.3) is 0 Å². The van der Waals surface area contributed by atoms with Gasteiger partial charge in [-0.1, -0.05) is 27.4 Å². The third-order valence-electron chi connectivity index (χ3n) is 5.44. The van der Waals surface area contributed by atoms with Crippen molar-refractivity contribution < 1.29 is 19.1 Å². The van der Waals surface area contributed by atoms with Crippen LogP contribution in [0.1, 0.15) is 53.4 Å². The van der Waals surface area contributed by atoms with Gasteiger partial charge in [-0.15, -0.1) is 0 Å². The second-order valence-electron chi connectivity index (χ2n) is 8.67. The van der Waals surface area contributed by atoms with Gasteiger partial charge >= 0.3 is 5.97 Å². The van der Waals surface area contributed by atoms with Crippen molar-refractivity contribution in [3.63, 3.8) is 0 Å². The third kappa shape index (κ3) is 7.17. The van der Waals surface area contributed by atoms with Crippen molar-refractivity contribution in [3.8, 4) is 0 Å². The number of carbonyl (C=O) groups excluding carboxylic acids is 2. The maximum Gasteiger partial charge on any atom is 0.311 e. The predicted octanol–water partition coefficient (Wildman–Crippen LogP) is 3.08. The van der Waals surface area contributed by atoms with Gasteiger partial charge in [-0.3, -0.25) is 9.59 Å². The molecule has 1 aliphatic heterocycles. The standard InChI is InChI=1S/C21H38N2O4/c1-8-21(5,19(25)27-14-12-22(6)7)16-20(3,4)17(2)26-15-13-23-11-9-10-18(23)24/h2,8-16H2,1,3-7H3. The molecule has 0 N–H and O–H groups in total. The molecule has 0 spiro atoms. The molecule has 1 aliphatic rings. The van der Waals surface area contributed by atoms with E-state index in [4.69, 9.17) is 9.47 Å². The summed E-state index contributed by atoms with van der Waals surface area (Å²) in [5.74, 6) is 0.674. The normalized spacial score (nSPS) is 17.1. The Morgan fingerprint density at radius 2 is 1.89 bits per heavy atom. The predicted molar refractivity (Wildman–Crippen MR) is 107 cm³/mol. The Bertz CT molecular complexity index is 530. The van der Waals surface area contributed by atoms with Gasteiger partial charge in [0.05, 0.1) is 17.7 Å². The van der Waals surface area contributed by atoms with Gasteiger partial charge in [0.1, 0.15) is 13.2 Å². The number of likely N-dealkylation sites (N-methyl/N-ethyl adjacent to an activating group) is 1. The molecule has 1 saturated heterocycles. The van der Waals surface area contributed by atoms with E-state index in [0.29, 0.717) is 51.3 Å². The van der Waals surface area contributed by atoms with Crippen LogP contribution in [0.5, 0.6) is 0 Å². The van der Waals surface area contributed by atoms with Crippen molar-refractivity contribution in [2.75, 3.05) is 46.9 Å². The molecule has 1 atom stereocenters. The molecular weight excluding hydrogens is 344 g/mol. The van der Waals surface area contributed by atoms with E-state index in [9.17, 15) is 9.59 Å². The van der Waals surface area contributed by atoms with Crippen LogP contribution in [0, 0.1) is 10.8 Å². The first kappa shape index (κ1) is 23.5. The van der Waals surface area contributed by atoms with Crippen molar-refractivity contribution in [2.45, 2.75) is 53.4 Å². The molecule has 0 aromatic carbocycles. The number of nitrogens with zero attached hydrogens (tertiary/aromatic N) is 2. The van der Waals surface area contributed by atoms with Crippen molar-refractivity contribution in [3.05, 3.63) is 12.3 Å². The molecule has 156 valence electrons. The highest BCUT2D eigenvalue weighted by Gasteiger charge is 2.40. The Kier molecular flexibility index (Phi) is 8.79. The number of esters is 1. The Balaban J connectivity index is 2.55. The summed E-state index contributed by atoms with van der Waals surface area (Å²) in [7, 11) is 3.90. The van der Waals surface area contributed by atoms with Gasteiger partial charge in [0, 0.05) is 24.9 Å². The summed E-state index contributed by atoms with van der Waals surface area (Å²) in [6.07, 6.45) is 2.85. The van der Waals surface area contributed by atoms with E-state index in [2.05, 4.69) is 6.58 Å². The van der Waals surface area contributed by atoms with Gasteiger partial charge < -0.3 is 19.3 Å². The van der Waals surface area contributed by atoms with Crippen LogP contribution in [-0.4, -0.2) is 68.6 Å². The number of ether oxygens (including phenoxy) is 2. The molecule has 0 bridgehead atoms. The molecule has 0 aliphatic carbocycles. The molecule has 1 rings (SSSR count). The molecule has 0 aromatic rings. The van der Waals surface area contributed by atoms with Gasteiger partial charge in [0.25, 0.3) is 0 Å². The Morgan fingerprint density at radius 1 is 1.22 bits per heavy atom. The van der Waals surface area contributed by atoms with Crippen LogP contribution in [0.4, 0.5) is 0 Å². The van der Waals surface area contributed by atoms with E-state index in [1.807, 2.05) is 51.6 Å². The Hall–Kier alpha value is -1.56. The van der Waals surface area contributed by atoms with E-state index in [0.717, 1.165) is 13.0 Å². The number of rotatable bonds is 12. The zero-order valence-electron chi connectivity index (χ0n) is 18.1. The monoisotopic (exact) mass is 382 g/mol. The number of hydrogen-bond donors (Lipinski definition) is 0. The number of carbonyl (C=O) groups is 2.